The molecule has 1 heterocycles. The van der Waals surface area contributed by atoms with Crippen molar-refractivity contribution in [3.8, 4) is 0 Å². The molecule has 1 unspecified atom stereocenters. The standard InChI is InChI=1S/C8H12NO/c1-3-9(2)7-5-4-6-8(9)10/h4-7H,3H2,1-2H3/q+1. The van der Waals surface area contributed by atoms with E-state index in [0.717, 1.165) is 6.54 Å². The molecule has 0 aromatic heterocycles. The van der Waals surface area contributed by atoms with Crippen LogP contribution in [0.4, 0.5) is 0 Å². The highest BCUT2D eigenvalue weighted by Gasteiger charge is 2.25. The lowest BCUT2D eigenvalue weighted by Gasteiger charge is -2.25. The second-order valence-electron chi connectivity index (χ2n) is 2.62. The maximum atomic E-state index is 11.2. The van der Waals surface area contributed by atoms with Crippen molar-refractivity contribution in [2.45, 2.75) is 6.92 Å². The third-order valence-electron chi connectivity index (χ3n) is 1.93. The third kappa shape index (κ3) is 1.02. The molecule has 54 valence electrons. The summed E-state index contributed by atoms with van der Waals surface area (Å²) in [5.41, 5.74) is 0. The number of quaternary nitrogens is 1. The summed E-state index contributed by atoms with van der Waals surface area (Å²) in [6.45, 7) is 2.82. The smallest absolute Gasteiger partial charge is 0.233 e. The Kier molecular flexibility index (Phi) is 1.72. The fourth-order valence-corrected chi connectivity index (χ4v) is 0.883. The van der Waals surface area contributed by atoms with Gasteiger partial charge in [-0.2, -0.15) is 0 Å². The molecule has 0 N–H and O–H groups in total. The van der Waals surface area contributed by atoms with E-state index in [2.05, 4.69) is 0 Å². The van der Waals surface area contributed by atoms with Crippen molar-refractivity contribution in [3.63, 3.8) is 0 Å². The van der Waals surface area contributed by atoms with E-state index in [0.29, 0.717) is 4.48 Å². The molecule has 2 heteroatoms. The molecule has 0 aromatic carbocycles. The van der Waals surface area contributed by atoms with Crippen LogP contribution in [0.15, 0.2) is 24.4 Å². The molecular formula is C8H12NO+. The second kappa shape index (κ2) is 2.39. The van der Waals surface area contributed by atoms with Crippen LogP contribution in [-0.2, 0) is 4.79 Å². The molecule has 10 heavy (non-hydrogen) atoms. The molecule has 0 saturated heterocycles. The number of carbonyl (C=O) groups is 1. The largest absolute Gasteiger partial charge is 0.342 e. The van der Waals surface area contributed by atoms with Crippen molar-refractivity contribution in [2.24, 2.45) is 0 Å². The first-order valence-corrected chi connectivity index (χ1v) is 3.45. The molecule has 1 aliphatic rings. The lowest BCUT2D eigenvalue weighted by atomic mass is 10.3. The molecule has 0 aromatic rings. The van der Waals surface area contributed by atoms with Crippen LogP contribution in [0.1, 0.15) is 6.92 Å². The Bertz CT molecular complexity index is 205. The summed E-state index contributed by atoms with van der Waals surface area (Å²) in [6, 6.07) is 0. The van der Waals surface area contributed by atoms with E-state index in [1.807, 2.05) is 26.2 Å². The minimum atomic E-state index is 0.157. The van der Waals surface area contributed by atoms with Gasteiger partial charge in [-0.3, -0.25) is 0 Å². The first-order chi connectivity index (χ1) is 4.69. The quantitative estimate of drug-likeness (QED) is 0.495. The fourth-order valence-electron chi connectivity index (χ4n) is 0.883. The third-order valence-corrected chi connectivity index (χ3v) is 1.93. The van der Waals surface area contributed by atoms with Crippen LogP contribution in [0.2, 0.25) is 0 Å². The van der Waals surface area contributed by atoms with Gasteiger partial charge in [-0.05, 0) is 19.1 Å². The van der Waals surface area contributed by atoms with Crippen molar-refractivity contribution in [2.75, 3.05) is 13.6 Å². The first-order valence-electron chi connectivity index (χ1n) is 3.45. The molecule has 1 aliphatic heterocycles. The van der Waals surface area contributed by atoms with E-state index in [1.165, 1.54) is 0 Å². The lowest BCUT2D eigenvalue weighted by Crippen LogP contribution is -2.43. The number of amides is 1. The summed E-state index contributed by atoms with van der Waals surface area (Å²) in [5.74, 6) is 0.157. The number of allylic oxidation sites excluding steroid dienone is 2. The Morgan fingerprint density at radius 1 is 1.50 bits per heavy atom. The van der Waals surface area contributed by atoms with Crippen LogP contribution in [-0.4, -0.2) is 24.0 Å². The van der Waals surface area contributed by atoms with Gasteiger partial charge in [0.05, 0.1) is 13.6 Å². The van der Waals surface area contributed by atoms with Crippen molar-refractivity contribution in [1.29, 1.82) is 0 Å². The van der Waals surface area contributed by atoms with Crippen LogP contribution >= 0.6 is 0 Å². The van der Waals surface area contributed by atoms with Crippen LogP contribution < -0.4 is 0 Å². The topological polar surface area (TPSA) is 17.1 Å². The number of rotatable bonds is 1. The molecule has 0 aliphatic carbocycles. The summed E-state index contributed by atoms with van der Waals surface area (Å²) in [5, 5.41) is 0. The van der Waals surface area contributed by atoms with Gasteiger partial charge in [-0.15, -0.1) is 0 Å². The number of likely N-dealkylation sites (N-methyl/N-ethyl adjacent to an activating group) is 1. The second-order valence-corrected chi connectivity index (χ2v) is 2.62. The van der Waals surface area contributed by atoms with Crippen molar-refractivity contribution < 1.29 is 9.28 Å². The average Bonchev–Trinajstić information content (AvgIpc) is 1.96. The molecule has 0 bridgehead atoms. The Labute approximate surface area is 61.0 Å². The van der Waals surface area contributed by atoms with E-state index < -0.39 is 0 Å². The summed E-state index contributed by atoms with van der Waals surface area (Å²) in [7, 11) is 1.91. The van der Waals surface area contributed by atoms with E-state index in [-0.39, 0.29) is 5.91 Å². The van der Waals surface area contributed by atoms with E-state index in [1.54, 1.807) is 12.2 Å². The van der Waals surface area contributed by atoms with Gasteiger partial charge < -0.3 is 0 Å². The summed E-state index contributed by atoms with van der Waals surface area (Å²) < 4.78 is 0.399. The summed E-state index contributed by atoms with van der Waals surface area (Å²) in [4.78, 5) is 11.2. The number of hydrogen-bond acceptors (Lipinski definition) is 1. The highest BCUT2D eigenvalue weighted by Crippen LogP contribution is 2.09. The Morgan fingerprint density at radius 2 is 2.20 bits per heavy atom. The van der Waals surface area contributed by atoms with Gasteiger partial charge in [0, 0.05) is 6.08 Å². The van der Waals surface area contributed by atoms with Crippen LogP contribution in [0.5, 0.6) is 0 Å². The predicted octanol–water partition coefficient (Wildman–Crippen LogP) is 1.06. The fraction of sp³-hybridized carbons (Fsp3) is 0.375. The maximum Gasteiger partial charge on any atom is 0.342 e. The number of nitrogens with zero attached hydrogens (tertiary/aromatic N) is 1. The van der Waals surface area contributed by atoms with Gasteiger partial charge in [0.25, 0.3) is 0 Å². The van der Waals surface area contributed by atoms with Crippen LogP contribution in [0, 0.1) is 0 Å². The SMILES string of the molecule is CC[N+]1(C)C=CC=CC1=O. The Balaban J connectivity index is 2.88. The van der Waals surface area contributed by atoms with Crippen LogP contribution in [0.3, 0.4) is 0 Å². The lowest BCUT2D eigenvalue weighted by molar-refractivity contribution is -0.777. The number of hydrogen-bond donors (Lipinski definition) is 0. The van der Waals surface area contributed by atoms with Crippen molar-refractivity contribution >= 4 is 5.91 Å². The Morgan fingerprint density at radius 3 is 2.60 bits per heavy atom. The molecule has 2 nitrogen and oxygen atoms in total. The molecule has 0 radical (unpaired) electrons. The van der Waals surface area contributed by atoms with Gasteiger partial charge in [-0.25, -0.2) is 9.28 Å². The molecule has 0 spiro atoms. The van der Waals surface area contributed by atoms with E-state index in [9.17, 15) is 4.79 Å². The zero-order chi connectivity index (χ0) is 7.61. The van der Waals surface area contributed by atoms with E-state index >= 15 is 0 Å². The minimum absolute atomic E-state index is 0.157. The van der Waals surface area contributed by atoms with Crippen LogP contribution in [0.25, 0.3) is 0 Å². The first kappa shape index (κ1) is 7.22. The van der Waals surface area contributed by atoms with Crippen molar-refractivity contribution in [1.82, 2.24) is 0 Å². The highest BCUT2D eigenvalue weighted by atomic mass is 16.2. The zero-order valence-electron chi connectivity index (χ0n) is 6.37. The number of carbonyl (C=O) groups excluding carboxylic acids is 1. The molecule has 0 fully saturated rings. The summed E-state index contributed by atoms with van der Waals surface area (Å²) in [6.07, 6.45) is 7.20. The van der Waals surface area contributed by atoms with E-state index in [4.69, 9.17) is 0 Å². The predicted molar refractivity (Wildman–Crippen MR) is 40.0 cm³/mol. The average molecular weight is 138 g/mol. The van der Waals surface area contributed by atoms with Gasteiger partial charge in [0.1, 0.15) is 6.20 Å². The minimum Gasteiger partial charge on any atom is -0.233 e. The molecule has 1 amide bonds. The maximum absolute atomic E-state index is 11.2. The molecule has 1 rings (SSSR count). The molecular weight excluding hydrogens is 126 g/mol. The van der Waals surface area contributed by atoms with Gasteiger partial charge in [-0.1, -0.05) is 0 Å². The highest BCUT2D eigenvalue weighted by molar-refractivity contribution is 5.83. The molecule has 0 saturated carbocycles. The van der Waals surface area contributed by atoms with Crippen molar-refractivity contribution in [3.05, 3.63) is 24.4 Å². The van der Waals surface area contributed by atoms with Gasteiger partial charge in [0.2, 0.25) is 0 Å². The Hall–Kier alpha value is -0.890. The molecule has 1 atom stereocenters. The summed E-state index contributed by atoms with van der Waals surface area (Å²) >= 11 is 0. The zero-order valence-corrected chi connectivity index (χ0v) is 6.37. The normalized spacial score (nSPS) is 31.2. The van der Waals surface area contributed by atoms with Gasteiger partial charge in [0.15, 0.2) is 0 Å². The van der Waals surface area contributed by atoms with Gasteiger partial charge >= 0.3 is 5.91 Å². The monoisotopic (exact) mass is 138 g/mol.